The number of thiophene rings is 2. The van der Waals surface area contributed by atoms with E-state index in [1.165, 1.54) is 16.2 Å². The van der Waals surface area contributed by atoms with Gasteiger partial charge >= 0.3 is 0 Å². The van der Waals surface area contributed by atoms with E-state index in [9.17, 15) is 4.79 Å². The molecule has 3 nitrogen and oxygen atoms in total. The summed E-state index contributed by atoms with van der Waals surface area (Å²) in [6, 6.07) is 5.87. The van der Waals surface area contributed by atoms with Gasteiger partial charge in [-0.2, -0.15) is 0 Å². The second-order valence-corrected chi connectivity index (χ2v) is 6.73. The van der Waals surface area contributed by atoms with Gasteiger partial charge in [-0.05, 0) is 37.6 Å². The zero-order valence-electron chi connectivity index (χ0n) is 11.4. The van der Waals surface area contributed by atoms with Gasteiger partial charge < -0.3 is 11.1 Å². The van der Waals surface area contributed by atoms with Crippen molar-refractivity contribution in [3.05, 3.63) is 43.3 Å². The largest absolute Gasteiger partial charge is 0.346 e. The van der Waals surface area contributed by atoms with Crippen molar-refractivity contribution in [3.63, 3.8) is 0 Å². The lowest BCUT2D eigenvalue weighted by atomic mass is 10.3. The molecule has 0 aliphatic rings. The quantitative estimate of drug-likeness (QED) is 0.857. The van der Waals surface area contributed by atoms with Crippen molar-refractivity contribution in [3.8, 4) is 11.8 Å². The maximum atomic E-state index is 12.0. The fourth-order valence-electron chi connectivity index (χ4n) is 1.62. The van der Waals surface area contributed by atoms with Crippen LogP contribution in [0.4, 0.5) is 0 Å². The van der Waals surface area contributed by atoms with E-state index in [1.54, 1.807) is 11.3 Å². The van der Waals surface area contributed by atoms with Gasteiger partial charge in [0.15, 0.2) is 0 Å². The molecular weight excluding hydrogens is 288 g/mol. The van der Waals surface area contributed by atoms with E-state index in [-0.39, 0.29) is 5.91 Å². The van der Waals surface area contributed by atoms with E-state index in [0.29, 0.717) is 13.1 Å². The van der Waals surface area contributed by atoms with Gasteiger partial charge in [-0.15, -0.1) is 22.7 Å². The first-order valence-corrected chi connectivity index (χ1v) is 7.86. The maximum Gasteiger partial charge on any atom is 0.261 e. The summed E-state index contributed by atoms with van der Waals surface area (Å²) in [6.45, 7) is 4.94. The summed E-state index contributed by atoms with van der Waals surface area (Å²) in [5, 5.41) is 2.93. The van der Waals surface area contributed by atoms with Crippen LogP contribution in [-0.2, 0) is 6.54 Å². The highest BCUT2D eigenvalue weighted by atomic mass is 32.1. The molecule has 0 saturated heterocycles. The molecule has 0 aliphatic heterocycles. The molecule has 2 aromatic rings. The lowest BCUT2D eigenvalue weighted by molar-refractivity contribution is 0.0955. The average molecular weight is 304 g/mol. The van der Waals surface area contributed by atoms with Crippen molar-refractivity contribution in [2.75, 3.05) is 6.54 Å². The highest BCUT2D eigenvalue weighted by Gasteiger charge is 2.10. The molecule has 20 heavy (non-hydrogen) atoms. The minimum atomic E-state index is -0.0193. The summed E-state index contributed by atoms with van der Waals surface area (Å²) in [5.74, 6) is 5.79. The van der Waals surface area contributed by atoms with E-state index < -0.39 is 0 Å². The Morgan fingerprint density at radius 1 is 1.35 bits per heavy atom. The van der Waals surface area contributed by atoms with E-state index in [2.05, 4.69) is 17.2 Å². The van der Waals surface area contributed by atoms with Gasteiger partial charge in [-0.3, -0.25) is 4.79 Å². The molecule has 0 aromatic carbocycles. The van der Waals surface area contributed by atoms with Crippen molar-refractivity contribution >= 4 is 28.6 Å². The molecular formula is C15H16N2OS2. The predicted octanol–water partition coefficient (Wildman–Crippen LogP) is 2.67. The van der Waals surface area contributed by atoms with Gasteiger partial charge in [0.2, 0.25) is 0 Å². The van der Waals surface area contributed by atoms with Crippen molar-refractivity contribution in [2.24, 2.45) is 5.73 Å². The summed E-state index contributed by atoms with van der Waals surface area (Å²) < 4.78 is 0. The van der Waals surface area contributed by atoms with Crippen molar-refractivity contribution in [1.82, 2.24) is 5.32 Å². The molecule has 0 unspecified atom stereocenters. The lowest BCUT2D eigenvalue weighted by Crippen LogP contribution is -2.21. The Labute approximate surface area is 126 Å². The Balaban J connectivity index is 1.95. The summed E-state index contributed by atoms with van der Waals surface area (Å²) >= 11 is 3.11. The summed E-state index contributed by atoms with van der Waals surface area (Å²) in [5.41, 5.74) is 6.50. The Kier molecular flexibility index (Phi) is 4.96. The van der Waals surface area contributed by atoms with E-state index in [0.717, 1.165) is 20.2 Å². The third kappa shape index (κ3) is 3.70. The minimum absolute atomic E-state index is 0.0193. The van der Waals surface area contributed by atoms with Crippen LogP contribution < -0.4 is 11.1 Å². The maximum absolute atomic E-state index is 12.0. The average Bonchev–Trinajstić information content (AvgIpc) is 3.01. The summed E-state index contributed by atoms with van der Waals surface area (Å²) in [4.78, 5) is 16.0. The number of nitrogens with one attached hydrogen (secondary N) is 1. The van der Waals surface area contributed by atoms with Gasteiger partial charge in [0, 0.05) is 9.75 Å². The molecule has 0 atom stereocenters. The molecule has 2 rings (SSSR count). The third-order valence-corrected chi connectivity index (χ3v) is 4.94. The first-order chi connectivity index (χ1) is 9.60. The first-order valence-electron chi connectivity index (χ1n) is 6.23. The highest BCUT2D eigenvalue weighted by Crippen LogP contribution is 2.21. The van der Waals surface area contributed by atoms with Gasteiger partial charge in [-0.1, -0.05) is 11.8 Å². The molecule has 2 aromatic heterocycles. The monoisotopic (exact) mass is 304 g/mol. The number of amides is 1. The smallest absolute Gasteiger partial charge is 0.261 e. The Bertz CT molecular complexity index is 654. The predicted molar refractivity (Wildman–Crippen MR) is 85.2 cm³/mol. The number of carbonyl (C=O) groups is 1. The normalized spacial score (nSPS) is 9.95. The molecule has 3 N–H and O–H groups in total. The number of hydrogen-bond donors (Lipinski definition) is 2. The van der Waals surface area contributed by atoms with Crippen LogP contribution in [-0.4, -0.2) is 12.5 Å². The van der Waals surface area contributed by atoms with Crippen molar-refractivity contribution in [2.45, 2.75) is 20.4 Å². The number of hydrogen-bond acceptors (Lipinski definition) is 4. The van der Waals surface area contributed by atoms with Gasteiger partial charge in [0.25, 0.3) is 5.91 Å². The molecule has 5 heteroatoms. The van der Waals surface area contributed by atoms with Crippen LogP contribution in [0.3, 0.4) is 0 Å². The van der Waals surface area contributed by atoms with Crippen LogP contribution in [0, 0.1) is 25.7 Å². The lowest BCUT2D eigenvalue weighted by Gasteiger charge is -2.00. The van der Waals surface area contributed by atoms with Crippen LogP contribution in [0.2, 0.25) is 0 Å². The molecule has 0 radical (unpaired) electrons. The van der Waals surface area contributed by atoms with Crippen LogP contribution in [0.5, 0.6) is 0 Å². The fourth-order valence-corrected chi connectivity index (χ4v) is 3.39. The van der Waals surface area contributed by atoms with Crippen molar-refractivity contribution < 1.29 is 4.79 Å². The molecule has 2 heterocycles. The van der Waals surface area contributed by atoms with Crippen LogP contribution in [0.25, 0.3) is 0 Å². The van der Waals surface area contributed by atoms with E-state index in [1.807, 2.05) is 32.0 Å². The van der Waals surface area contributed by atoms with Crippen LogP contribution in [0.1, 0.15) is 29.9 Å². The Hall–Kier alpha value is -1.61. The number of nitrogens with two attached hydrogens (primary N) is 1. The Morgan fingerprint density at radius 2 is 2.15 bits per heavy atom. The SMILES string of the molecule is Cc1cc(C(=O)NCc2ccc(C#CCN)s2)sc1C. The first kappa shape index (κ1) is 14.8. The second-order valence-electron chi connectivity index (χ2n) is 4.30. The Morgan fingerprint density at radius 3 is 2.80 bits per heavy atom. The number of carbonyl (C=O) groups excluding carboxylic acids is 1. The van der Waals surface area contributed by atoms with Crippen LogP contribution in [0.15, 0.2) is 18.2 Å². The van der Waals surface area contributed by atoms with E-state index in [4.69, 9.17) is 5.73 Å². The second kappa shape index (κ2) is 6.71. The summed E-state index contributed by atoms with van der Waals surface area (Å²) in [6.07, 6.45) is 0. The number of rotatable bonds is 3. The third-order valence-electron chi connectivity index (χ3n) is 2.79. The standard InChI is InChI=1S/C15H16N2OS2/c1-10-8-14(19-11(10)2)15(18)17-9-13-6-5-12(20-13)4-3-7-16/h5-6,8H,7,9,16H2,1-2H3,(H,17,18). The topological polar surface area (TPSA) is 55.1 Å². The number of aryl methyl sites for hydroxylation is 2. The minimum Gasteiger partial charge on any atom is -0.346 e. The van der Waals surface area contributed by atoms with Crippen molar-refractivity contribution in [1.29, 1.82) is 0 Å². The summed E-state index contributed by atoms with van der Waals surface area (Å²) in [7, 11) is 0. The highest BCUT2D eigenvalue weighted by molar-refractivity contribution is 7.14. The molecule has 0 aliphatic carbocycles. The molecule has 0 bridgehead atoms. The van der Waals surface area contributed by atoms with Gasteiger partial charge in [0.05, 0.1) is 22.8 Å². The van der Waals surface area contributed by atoms with E-state index >= 15 is 0 Å². The molecule has 0 spiro atoms. The zero-order valence-corrected chi connectivity index (χ0v) is 13.1. The zero-order chi connectivity index (χ0) is 14.5. The molecule has 0 fully saturated rings. The van der Waals surface area contributed by atoms with Crippen LogP contribution >= 0.6 is 22.7 Å². The molecule has 1 amide bonds. The van der Waals surface area contributed by atoms with Gasteiger partial charge in [-0.25, -0.2) is 0 Å². The molecule has 0 saturated carbocycles. The molecule has 104 valence electrons. The van der Waals surface area contributed by atoms with Gasteiger partial charge in [0.1, 0.15) is 0 Å². The fraction of sp³-hybridized carbons (Fsp3) is 0.267.